The summed E-state index contributed by atoms with van der Waals surface area (Å²) in [6, 6.07) is 8.76. The first-order valence-corrected chi connectivity index (χ1v) is 6.69. The number of aliphatic carboxylic acids is 1. The molecule has 5 heteroatoms. The van der Waals surface area contributed by atoms with Crippen LogP contribution in [0.3, 0.4) is 0 Å². The molecule has 0 bridgehead atoms. The van der Waals surface area contributed by atoms with E-state index in [1.807, 2.05) is 6.07 Å². The largest absolute Gasteiger partial charge is 0.481 e. The number of aliphatic hydroxyl groups excluding tert-OH is 1. The number of carbonyl (C=O) groups is 2. The fourth-order valence-corrected chi connectivity index (χ4v) is 2.39. The first kappa shape index (κ1) is 14.5. The summed E-state index contributed by atoms with van der Waals surface area (Å²) >= 11 is 0. The number of likely N-dealkylation sites (tertiary alicyclic amines) is 1. The zero-order chi connectivity index (χ0) is 14.8. The highest BCUT2D eigenvalue weighted by Crippen LogP contribution is 2.32. The van der Waals surface area contributed by atoms with Crippen molar-refractivity contribution in [3.05, 3.63) is 35.9 Å². The molecule has 0 saturated carbocycles. The molecule has 1 fully saturated rings. The van der Waals surface area contributed by atoms with Crippen LogP contribution in [0, 0.1) is 5.41 Å². The number of amides is 1. The van der Waals surface area contributed by atoms with Crippen molar-refractivity contribution in [2.75, 3.05) is 13.1 Å². The Morgan fingerprint density at radius 1 is 1.20 bits per heavy atom. The van der Waals surface area contributed by atoms with Gasteiger partial charge >= 0.3 is 5.97 Å². The Bertz CT molecular complexity index is 492. The van der Waals surface area contributed by atoms with Gasteiger partial charge in [-0.05, 0) is 25.3 Å². The highest BCUT2D eigenvalue weighted by molar-refractivity contribution is 5.82. The predicted octanol–water partition coefficient (Wildman–Crippen LogP) is 1.43. The Morgan fingerprint density at radius 2 is 1.75 bits per heavy atom. The van der Waals surface area contributed by atoms with Crippen molar-refractivity contribution < 1.29 is 19.8 Å². The Balaban J connectivity index is 2.00. The summed E-state index contributed by atoms with van der Waals surface area (Å²) in [6.07, 6.45) is -0.351. The van der Waals surface area contributed by atoms with Gasteiger partial charge in [0, 0.05) is 13.1 Å². The van der Waals surface area contributed by atoms with Crippen molar-refractivity contribution in [1.29, 1.82) is 0 Å². The number of piperidine rings is 1. The molecule has 1 atom stereocenters. The molecule has 1 amide bonds. The summed E-state index contributed by atoms with van der Waals surface area (Å²) in [5.41, 5.74) is -0.210. The molecular formula is C15H19NO4. The molecule has 0 aliphatic carbocycles. The molecule has 2 rings (SSSR count). The van der Waals surface area contributed by atoms with Crippen LogP contribution in [-0.4, -0.2) is 40.1 Å². The van der Waals surface area contributed by atoms with Gasteiger partial charge in [0.1, 0.15) is 0 Å². The lowest BCUT2D eigenvalue weighted by atomic mass is 9.80. The summed E-state index contributed by atoms with van der Waals surface area (Å²) in [4.78, 5) is 24.9. The zero-order valence-corrected chi connectivity index (χ0v) is 11.5. The third kappa shape index (κ3) is 2.82. The van der Waals surface area contributed by atoms with Gasteiger partial charge in [0.15, 0.2) is 6.10 Å². The van der Waals surface area contributed by atoms with Crippen molar-refractivity contribution in [3.63, 3.8) is 0 Å². The van der Waals surface area contributed by atoms with Crippen LogP contribution < -0.4 is 0 Å². The number of nitrogens with zero attached hydrogens (tertiary/aromatic N) is 1. The van der Waals surface area contributed by atoms with Crippen molar-refractivity contribution >= 4 is 11.9 Å². The highest BCUT2D eigenvalue weighted by Gasteiger charge is 2.39. The van der Waals surface area contributed by atoms with Crippen LogP contribution in [0.4, 0.5) is 0 Å². The first-order valence-electron chi connectivity index (χ1n) is 6.69. The van der Waals surface area contributed by atoms with Gasteiger partial charge in [0.2, 0.25) is 0 Å². The minimum atomic E-state index is -1.18. The molecule has 2 N–H and O–H groups in total. The molecular weight excluding hydrogens is 258 g/mol. The van der Waals surface area contributed by atoms with Gasteiger partial charge in [-0.1, -0.05) is 30.3 Å². The van der Waals surface area contributed by atoms with Crippen LogP contribution in [0.5, 0.6) is 0 Å². The third-order valence-corrected chi connectivity index (χ3v) is 4.04. The smallest absolute Gasteiger partial charge is 0.309 e. The van der Waals surface area contributed by atoms with Gasteiger partial charge in [0.25, 0.3) is 5.91 Å². The number of aliphatic hydroxyl groups is 1. The maximum Gasteiger partial charge on any atom is 0.309 e. The number of carbonyl (C=O) groups excluding carboxylic acids is 1. The van der Waals surface area contributed by atoms with Gasteiger partial charge in [-0.3, -0.25) is 9.59 Å². The predicted molar refractivity (Wildman–Crippen MR) is 73.0 cm³/mol. The van der Waals surface area contributed by atoms with E-state index in [0.717, 1.165) is 0 Å². The standard InChI is InChI=1S/C15H19NO4/c1-15(14(19)20)7-9-16(10-8-15)13(18)12(17)11-5-3-2-4-6-11/h2-6,12,17H,7-10H2,1H3,(H,19,20). The summed E-state index contributed by atoms with van der Waals surface area (Å²) in [7, 11) is 0. The minimum Gasteiger partial charge on any atom is -0.481 e. The highest BCUT2D eigenvalue weighted by atomic mass is 16.4. The molecule has 0 aromatic heterocycles. The molecule has 1 saturated heterocycles. The Morgan fingerprint density at radius 3 is 2.25 bits per heavy atom. The monoisotopic (exact) mass is 277 g/mol. The van der Waals surface area contributed by atoms with E-state index in [0.29, 0.717) is 31.5 Å². The second kappa shape index (κ2) is 5.63. The van der Waals surface area contributed by atoms with Crippen LogP contribution in [-0.2, 0) is 9.59 Å². The quantitative estimate of drug-likeness (QED) is 0.876. The second-order valence-corrected chi connectivity index (χ2v) is 5.50. The van der Waals surface area contributed by atoms with E-state index in [1.165, 1.54) is 0 Å². The van der Waals surface area contributed by atoms with E-state index >= 15 is 0 Å². The minimum absolute atomic E-state index is 0.358. The molecule has 108 valence electrons. The van der Waals surface area contributed by atoms with Crippen molar-refractivity contribution in [2.24, 2.45) is 5.41 Å². The van der Waals surface area contributed by atoms with Crippen LogP contribution >= 0.6 is 0 Å². The average Bonchev–Trinajstić information content (AvgIpc) is 2.47. The van der Waals surface area contributed by atoms with E-state index in [9.17, 15) is 14.7 Å². The second-order valence-electron chi connectivity index (χ2n) is 5.50. The van der Waals surface area contributed by atoms with Gasteiger partial charge in [-0.25, -0.2) is 0 Å². The first-order chi connectivity index (χ1) is 9.44. The molecule has 5 nitrogen and oxygen atoms in total. The van der Waals surface area contributed by atoms with E-state index in [2.05, 4.69) is 0 Å². The summed E-state index contributed by atoms with van der Waals surface area (Å²) in [5.74, 6) is -1.18. The molecule has 20 heavy (non-hydrogen) atoms. The number of benzene rings is 1. The molecule has 1 aliphatic heterocycles. The SMILES string of the molecule is CC1(C(=O)O)CCN(C(=O)C(O)c2ccccc2)CC1. The summed E-state index contributed by atoms with van der Waals surface area (Å²) < 4.78 is 0. The van der Waals surface area contributed by atoms with Crippen molar-refractivity contribution in [3.8, 4) is 0 Å². The van der Waals surface area contributed by atoms with E-state index in [-0.39, 0.29) is 5.91 Å². The third-order valence-electron chi connectivity index (χ3n) is 4.04. The van der Waals surface area contributed by atoms with Crippen LogP contribution in [0.25, 0.3) is 0 Å². The summed E-state index contributed by atoms with van der Waals surface area (Å²) in [5, 5.41) is 19.2. The number of rotatable bonds is 3. The maximum absolute atomic E-state index is 12.2. The van der Waals surface area contributed by atoms with Crippen LogP contribution in [0.1, 0.15) is 31.4 Å². The van der Waals surface area contributed by atoms with E-state index < -0.39 is 17.5 Å². The molecule has 0 spiro atoms. The lowest BCUT2D eigenvalue weighted by molar-refractivity contribution is -0.155. The number of hydrogen-bond donors (Lipinski definition) is 2. The molecule has 1 unspecified atom stereocenters. The normalized spacial score (nSPS) is 19.4. The van der Waals surface area contributed by atoms with Crippen LogP contribution in [0.2, 0.25) is 0 Å². The van der Waals surface area contributed by atoms with Crippen molar-refractivity contribution in [2.45, 2.75) is 25.9 Å². The summed E-state index contributed by atoms with van der Waals surface area (Å²) in [6.45, 7) is 2.43. The van der Waals surface area contributed by atoms with Gasteiger partial charge < -0.3 is 15.1 Å². The molecule has 0 radical (unpaired) electrons. The molecule has 1 heterocycles. The number of carboxylic acid groups (broad SMARTS) is 1. The topological polar surface area (TPSA) is 77.8 Å². The Hall–Kier alpha value is -1.88. The van der Waals surface area contributed by atoms with Crippen LogP contribution in [0.15, 0.2) is 30.3 Å². The average molecular weight is 277 g/mol. The maximum atomic E-state index is 12.2. The zero-order valence-electron chi connectivity index (χ0n) is 11.5. The van der Waals surface area contributed by atoms with Gasteiger partial charge in [-0.2, -0.15) is 0 Å². The van der Waals surface area contributed by atoms with E-state index in [1.54, 1.807) is 36.1 Å². The lowest BCUT2D eigenvalue weighted by Gasteiger charge is -2.37. The van der Waals surface area contributed by atoms with Gasteiger partial charge in [-0.15, -0.1) is 0 Å². The molecule has 1 aromatic rings. The number of carboxylic acids is 1. The van der Waals surface area contributed by atoms with Gasteiger partial charge in [0.05, 0.1) is 5.41 Å². The Labute approximate surface area is 117 Å². The Kier molecular flexibility index (Phi) is 4.09. The fourth-order valence-electron chi connectivity index (χ4n) is 2.39. The molecule has 1 aliphatic rings. The molecule has 1 aromatic carbocycles. The van der Waals surface area contributed by atoms with Crippen molar-refractivity contribution in [1.82, 2.24) is 4.90 Å². The fraction of sp³-hybridized carbons (Fsp3) is 0.467. The number of hydrogen-bond acceptors (Lipinski definition) is 3. The van der Waals surface area contributed by atoms with E-state index in [4.69, 9.17) is 5.11 Å². The lowest BCUT2D eigenvalue weighted by Crippen LogP contribution is -2.46.